The SMILES string of the molecule is CCC(=Cc1sc2cc(C)ccc2[n+]1CC)C=C1Sc2cc(Br)ccc2N1CC. The van der Waals surface area contributed by atoms with Gasteiger partial charge >= 0.3 is 0 Å². The summed E-state index contributed by atoms with van der Waals surface area (Å²) in [7, 11) is 0. The summed E-state index contributed by atoms with van der Waals surface area (Å²) in [6.07, 6.45) is 5.76. The fourth-order valence-electron chi connectivity index (χ4n) is 3.72. The van der Waals surface area contributed by atoms with Crippen molar-refractivity contribution in [1.29, 1.82) is 0 Å². The average molecular weight is 487 g/mol. The van der Waals surface area contributed by atoms with Crippen LogP contribution in [0.2, 0.25) is 0 Å². The van der Waals surface area contributed by atoms with Gasteiger partial charge in [-0.05, 0) is 68.7 Å². The molecule has 0 spiro atoms. The minimum Gasteiger partial charge on any atom is -0.335 e. The number of halogens is 1. The maximum absolute atomic E-state index is 3.61. The number of hydrogen-bond donors (Lipinski definition) is 0. The summed E-state index contributed by atoms with van der Waals surface area (Å²) in [5.41, 5.74) is 5.33. The second-order valence-corrected chi connectivity index (χ2v) is 10.2. The summed E-state index contributed by atoms with van der Waals surface area (Å²) < 4.78 is 4.93. The zero-order valence-corrected chi connectivity index (χ0v) is 20.5. The quantitative estimate of drug-likeness (QED) is 0.344. The third-order valence-corrected chi connectivity index (χ3v) is 7.92. The average Bonchev–Trinajstić information content (AvgIpc) is 3.22. The lowest BCUT2D eigenvalue weighted by atomic mass is 10.2. The van der Waals surface area contributed by atoms with Crippen molar-refractivity contribution >= 4 is 61.0 Å². The number of anilines is 1. The summed E-state index contributed by atoms with van der Waals surface area (Å²) in [4.78, 5) is 3.74. The van der Waals surface area contributed by atoms with Crippen LogP contribution >= 0.6 is 39.0 Å². The van der Waals surface area contributed by atoms with E-state index in [0.717, 1.165) is 24.0 Å². The highest BCUT2D eigenvalue weighted by Gasteiger charge is 2.24. The predicted molar refractivity (Wildman–Crippen MR) is 132 cm³/mol. The Labute approximate surface area is 190 Å². The van der Waals surface area contributed by atoms with Crippen molar-refractivity contribution in [2.45, 2.75) is 45.6 Å². The first kappa shape index (κ1) is 20.7. The Morgan fingerprint density at radius 1 is 1.14 bits per heavy atom. The van der Waals surface area contributed by atoms with Gasteiger partial charge in [0.05, 0.1) is 10.7 Å². The fourth-order valence-corrected chi connectivity index (χ4v) is 6.78. The van der Waals surface area contributed by atoms with E-state index in [1.54, 1.807) is 0 Å². The van der Waals surface area contributed by atoms with E-state index in [9.17, 15) is 0 Å². The lowest BCUT2D eigenvalue weighted by Crippen LogP contribution is -2.33. The smallest absolute Gasteiger partial charge is 0.263 e. The predicted octanol–water partition coefficient (Wildman–Crippen LogP) is 7.55. The maximum Gasteiger partial charge on any atom is 0.263 e. The van der Waals surface area contributed by atoms with Crippen LogP contribution in [0.25, 0.3) is 16.3 Å². The van der Waals surface area contributed by atoms with Crippen molar-refractivity contribution in [2.75, 3.05) is 11.4 Å². The number of hydrogen-bond acceptors (Lipinski definition) is 3. The minimum absolute atomic E-state index is 0.974. The molecule has 0 aliphatic carbocycles. The first-order chi connectivity index (χ1) is 14.0. The standard InChI is InChI=1S/C24H26BrN2S2/c1-5-17(13-23-26(6-2)19-10-8-16(4)12-21(19)28-23)14-24-27(7-3)20-11-9-18(25)15-22(20)29-24/h8-15H,5-7H2,1-4H3/q+1. The van der Waals surface area contributed by atoms with Crippen LogP contribution in [-0.2, 0) is 6.54 Å². The highest BCUT2D eigenvalue weighted by Crippen LogP contribution is 2.47. The molecule has 0 saturated heterocycles. The van der Waals surface area contributed by atoms with Gasteiger partial charge in [0.1, 0.15) is 11.2 Å². The highest BCUT2D eigenvalue weighted by atomic mass is 79.9. The van der Waals surface area contributed by atoms with Crippen molar-refractivity contribution in [2.24, 2.45) is 0 Å². The van der Waals surface area contributed by atoms with Crippen molar-refractivity contribution in [1.82, 2.24) is 0 Å². The Kier molecular flexibility index (Phi) is 6.19. The van der Waals surface area contributed by atoms with Gasteiger partial charge in [0, 0.05) is 28.1 Å². The molecule has 0 N–H and O–H groups in total. The Bertz CT molecular complexity index is 1130. The van der Waals surface area contributed by atoms with Crippen LogP contribution in [0.15, 0.2) is 62.4 Å². The van der Waals surface area contributed by atoms with Gasteiger partial charge in [-0.15, -0.1) is 0 Å². The molecule has 1 aromatic heterocycles. The van der Waals surface area contributed by atoms with Gasteiger partial charge in [0.2, 0.25) is 5.52 Å². The number of nitrogens with zero attached hydrogens (tertiary/aromatic N) is 2. The molecule has 5 heteroatoms. The Morgan fingerprint density at radius 2 is 1.97 bits per heavy atom. The number of allylic oxidation sites excluding steroid dienone is 2. The van der Waals surface area contributed by atoms with Gasteiger partial charge < -0.3 is 4.90 Å². The van der Waals surface area contributed by atoms with Crippen LogP contribution < -0.4 is 9.47 Å². The van der Waals surface area contributed by atoms with Crippen LogP contribution in [0.4, 0.5) is 5.69 Å². The van der Waals surface area contributed by atoms with Crippen molar-refractivity contribution in [3.8, 4) is 0 Å². The number of aromatic nitrogens is 1. The molecule has 0 saturated carbocycles. The number of fused-ring (bicyclic) bond motifs is 2. The first-order valence-corrected chi connectivity index (χ1v) is 12.6. The van der Waals surface area contributed by atoms with Crippen molar-refractivity contribution < 1.29 is 4.57 Å². The molecule has 3 aromatic rings. The summed E-state index contributed by atoms with van der Waals surface area (Å²) in [6.45, 7) is 10.8. The van der Waals surface area contributed by atoms with Crippen LogP contribution in [0.1, 0.15) is 37.8 Å². The molecule has 29 heavy (non-hydrogen) atoms. The second-order valence-electron chi connectivity index (χ2n) is 7.17. The molecule has 0 bridgehead atoms. The van der Waals surface area contributed by atoms with E-state index in [-0.39, 0.29) is 0 Å². The molecule has 2 aromatic carbocycles. The topological polar surface area (TPSA) is 7.12 Å². The Balaban J connectivity index is 1.75. The third kappa shape index (κ3) is 4.05. The van der Waals surface area contributed by atoms with Gasteiger partial charge in [-0.1, -0.05) is 52.0 Å². The second kappa shape index (κ2) is 8.66. The fraction of sp³-hybridized carbons (Fsp3) is 0.292. The molecule has 0 amide bonds. The van der Waals surface area contributed by atoms with E-state index in [2.05, 4.69) is 102 Å². The third-order valence-electron chi connectivity index (χ3n) is 5.24. The normalized spacial score (nSPS) is 15.6. The molecule has 1 aliphatic heterocycles. The molecule has 0 fully saturated rings. The molecule has 150 valence electrons. The minimum atomic E-state index is 0.974. The Hall–Kier alpha value is -1.56. The van der Waals surface area contributed by atoms with E-state index in [4.69, 9.17) is 0 Å². The first-order valence-electron chi connectivity index (χ1n) is 10.1. The molecule has 4 rings (SSSR count). The molecule has 0 unspecified atom stereocenters. The van der Waals surface area contributed by atoms with E-state index >= 15 is 0 Å². The van der Waals surface area contributed by atoms with Gasteiger partial charge in [-0.2, -0.15) is 4.57 Å². The summed E-state index contributed by atoms with van der Waals surface area (Å²) in [6, 6.07) is 13.3. The van der Waals surface area contributed by atoms with Crippen LogP contribution in [-0.4, -0.2) is 6.54 Å². The lowest BCUT2D eigenvalue weighted by Gasteiger charge is -2.18. The Morgan fingerprint density at radius 3 is 2.69 bits per heavy atom. The molecular weight excluding hydrogens is 460 g/mol. The zero-order valence-electron chi connectivity index (χ0n) is 17.3. The van der Waals surface area contributed by atoms with Crippen molar-refractivity contribution in [3.05, 3.63) is 68.1 Å². The number of thiazole rings is 1. The van der Waals surface area contributed by atoms with Crippen LogP contribution in [0, 0.1) is 6.92 Å². The van der Waals surface area contributed by atoms with Crippen LogP contribution in [0.3, 0.4) is 0 Å². The van der Waals surface area contributed by atoms with E-state index in [1.165, 1.54) is 42.0 Å². The number of aryl methyl sites for hydroxylation is 2. The highest BCUT2D eigenvalue weighted by molar-refractivity contribution is 9.10. The number of rotatable bonds is 5. The van der Waals surface area contributed by atoms with E-state index in [0.29, 0.717) is 0 Å². The monoisotopic (exact) mass is 485 g/mol. The summed E-state index contributed by atoms with van der Waals surface area (Å²) in [5.74, 6) is 0. The number of benzene rings is 2. The lowest BCUT2D eigenvalue weighted by molar-refractivity contribution is -0.665. The van der Waals surface area contributed by atoms with E-state index < -0.39 is 0 Å². The van der Waals surface area contributed by atoms with Gasteiger partial charge in [0.25, 0.3) is 5.01 Å². The molecule has 2 heterocycles. The van der Waals surface area contributed by atoms with Gasteiger partial charge in [0.15, 0.2) is 0 Å². The van der Waals surface area contributed by atoms with Crippen LogP contribution in [0.5, 0.6) is 0 Å². The van der Waals surface area contributed by atoms with Gasteiger partial charge in [-0.25, -0.2) is 0 Å². The van der Waals surface area contributed by atoms with E-state index in [1.807, 2.05) is 23.1 Å². The molecule has 2 nitrogen and oxygen atoms in total. The molecule has 1 aliphatic rings. The number of thioether (sulfide) groups is 1. The zero-order chi connectivity index (χ0) is 20.5. The van der Waals surface area contributed by atoms with Gasteiger partial charge in [-0.3, -0.25) is 0 Å². The maximum atomic E-state index is 3.61. The molecular formula is C24H26BrN2S2+. The summed E-state index contributed by atoms with van der Waals surface area (Å²) >= 11 is 7.37. The largest absolute Gasteiger partial charge is 0.335 e. The molecule has 0 radical (unpaired) electrons. The van der Waals surface area contributed by atoms with Crippen molar-refractivity contribution in [3.63, 3.8) is 0 Å². The molecule has 0 atom stereocenters. The summed E-state index contributed by atoms with van der Waals surface area (Å²) in [5, 5.41) is 2.64.